The van der Waals surface area contributed by atoms with E-state index in [-0.39, 0.29) is 11.8 Å². The second kappa shape index (κ2) is 11.3. The Bertz CT molecular complexity index is 902. The van der Waals surface area contributed by atoms with E-state index in [0.717, 1.165) is 34.6 Å². The Balaban J connectivity index is 1.82. The number of nitrogens with two attached hydrogens (primary N) is 1. The van der Waals surface area contributed by atoms with Crippen LogP contribution in [0.5, 0.6) is 11.6 Å². The molecule has 2 aromatic rings. The van der Waals surface area contributed by atoms with Gasteiger partial charge in [-0.2, -0.15) is 0 Å². The van der Waals surface area contributed by atoms with Gasteiger partial charge in [-0.15, -0.1) is 5.10 Å². The van der Waals surface area contributed by atoms with Gasteiger partial charge in [0.15, 0.2) is 0 Å². The number of benzene rings is 1. The maximum absolute atomic E-state index is 10.3. The minimum absolute atomic E-state index is 0.124. The molecule has 0 bridgehead atoms. The van der Waals surface area contributed by atoms with Crippen molar-refractivity contribution >= 4 is 0 Å². The molecule has 5 atom stereocenters. The van der Waals surface area contributed by atoms with Crippen LogP contribution in [0.1, 0.15) is 48.6 Å². The average molecular weight is 466 g/mol. The molecule has 1 aromatic carbocycles. The van der Waals surface area contributed by atoms with Gasteiger partial charge in [-0.05, 0) is 49.1 Å². The van der Waals surface area contributed by atoms with E-state index < -0.39 is 37.3 Å². The Morgan fingerprint density at radius 3 is 2.58 bits per heavy atom. The van der Waals surface area contributed by atoms with E-state index in [1.807, 2.05) is 39.0 Å². The molecule has 0 amide bonds. The van der Waals surface area contributed by atoms with Gasteiger partial charge in [-0.1, -0.05) is 19.9 Å². The van der Waals surface area contributed by atoms with Gasteiger partial charge in [0.05, 0.1) is 13.2 Å². The van der Waals surface area contributed by atoms with Crippen LogP contribution in [0.4, 0.5) is 0 Å². The highest BCUT2D eigenvalue weighted by molar-refractivity contribution is 5.42. The second-order valence-electron chi connectivity index (χ2n) is 8.65. The number of rotatable bonds is 10. The minimum Gasteiger partial charge on any atom is -0.494 e. The molecular formula is C23H35N3O7. The zero-order chi connectivity index (χ0) is 24.1. The molecular weight excluding hydrogens is 430 g/mol. The highest BCUT2D eigenvalue weighted by atomic mass is 16.7. The van der Waals surface area contributed by atoms with E-state index in [2.05, 4.69) is 10.2 Å². The average Bonchev–Trinajstić information content (AvgIpc) is 3.18. The zero-order valence-corrected chi connectivity index (χ0v) is 19.3. The Morgan fingerprint density at radius 2 is 1.94 bits per heavy atom. The van der Waals surface area contributed by atoms with E-state index in [1.54, 1.807) is 0 Å². The molecule has 1 unspecified atom stereocenters. The summed E-state index contributed by atoms with van der Waals surface area (Å²) in [5.74, 6) is 1.13. The molecule has 0 radical (unpaired) electrons. The number of aromatic amines is 1. The van der Waals surface area contributed by atoms with E-state index >= 15 is 0 Å². The van der Waals surface area contributed by atoms with Gasteiger partial charge in [-0.25, -0.2) is 0 Å². The topological polar surface area (TPSA) is 163 Å². The summed E-state index contributed by atoms with van der Waals surface area (Å²) >= 11 is 0. The maximum Gasteiger partial charge on any atom is 0.238 e. The van der Waals surface area contributed by atoms with Crippen molar-refractivity contribution < 1.29 is 34.6 Å². The smallest absolute Gasteiger partial charge is 0.238 e. The molecule has 1 aliphatic heterocycles. The predicted molar refractivity (Wildman–Crippen MR) is 120 cm³/mol. The first kappa shape index (κ1) is 25.4. The lowest BCUT2D eigenvalue weighted by Crippen LogP contribution is -2.60. The van der Waals surface area contributed by atoms with Crippen LogP contribution in [0.25, 0.3) is 0 Å². The van der Waals surface area contributed by atoms with Crippen LogP contribution in [-0.4, -0.2) is 81.1 Å². The number of nitrogens with zero attached hydrogens (tertiary/aromatic N) is 1. The lowest BCUT2D eigenvalue weighted by molar-refractivity contribution is -0.278. The highest BCUT2D eigenvalue weighted by Crippen LogP contribution is 2.32. The third-order valence-electron chi connectivity index (χ3n) is 5.81. The van der Waals surface area contributed by atoms with Crippen LogP contribution in [0.15, 0.2) is 18.2 Å². The van der Waals surface area contributed by atoms with Gasteiger partial charge in [0, 0.05) is 17.7 Å². The predicted octanol–water partition coefficient (Wildman–Crippen LogP) is 0.339. The van der Waals surface area contributed by atoms with E-state index in [4.69, 9.17) is 19.9 Å². The highest BCUT2D eigenvalue weighted by Gasteiger charge is 2.45. The van der Waals surface area contributed by atoms with E-state index in [1.165, 1.54) is 0 Å². The summed E-state index contributed by atoms with van der Waals surface area (Å²) in [5.41, 5.74) is 9.26. The Labute approximate surface area is 193 Å². The number of H-pyrrole nitrogens is 1. The quantitative estimate of drug-likeness (QED) is 0.272. The number of aryl methyl sites for hydroxylation is 1. The van der Waals surface area contributed by atoms with Gasteiger partial charge < -0.3 is 40.4 Å². The van der Waals surface area contributed by atoms with Crippen molar-refractivity contribution in [3.8, 4) is 11.6 Å². The third-order valence-corrected chi connectivity index (χ3v) is 5.81. The molecule has 1 saturated heterocycles. The zero-order valence-electron chi connectivity index (χ0n) is 19.3. The second-order valence-corrected chi connectivity index (χ2v) is 8.65. The monoisotopic (exact) mass is 465 g/mol. The summed E-state index contributed by atoms with van der Waals surface area (Å²) < 4.78 is 17.1. The fourth-order valence-corrected chi connectivity index (χ4v) is 3.80. The molecule has 3 rings (SSSR count). The molecule has 0 spiro atoms. The Morgan fingerprint density at radius 1 is 1.18 bits per heavy atom. The molecule has 0 saturated carbocycles. The molecule has 1 aliphatic rings. The van der Waals surface area contributed by atoms with Crippen molar-refractivity contribution in [3.63, 3.8) is 0 Å². The van der Waals surface area contributed by atoms with Crippen LogP contribution in [-0.2, 0) is 11.2 Å². The summed E-state index contributed by atoms with van der Waals surface area (Å²) in [6.07, 6.45) is -5.57. The summed E-state index contributed by atoms with van der Waals surface area (Å²) in [7, 11) is 0. The van der Waals surface area contributed by atoms with Crippen molar-refractivity contribution in [3.05, 3.63) is 40.6 Å². The molecule has 0 aliphatic carbocycles. The van der Waals surface area contributed by atoms with Gasteiger partial charge >= 0.3 is 0 Å². The molecule has 1 fully saturated rings. The molecule has 10 heteroatoms. The first-order valence-corrected chi connectivity index (χ1v) is 11.2. The Kier molecular flexibility index (Phi) is 8.69. The number of aliphatic hydroxyl groups excluding tert-OH is 4. The van der Waals surface area contributed by atoms with Gasteiger partial charge in [0.1, 0.15) is 30.2 Å². The third kappa shape index (κ3) is 5.84. The summed E-state index contributed by atoms with van der Waals surface area (Å²) in [5, 5.41) is 47.1. The fraction of sp³-hybridized carbons (Fsp3) is 0.609. The lowest BCUT2D eigenvalue weighted by atomic mass is 9.96. The van der Waals surface area contributed by atoms with Gasteiger partial charge in [0.25, 0.3) is 0 Å². The number of aliphatic hydroxyl groups is 4. The normalized spacial score (nSPS) is 25.4. The van der Waals surface area contributed by atoms with E-state index in [9.17, 15) is 20.4 Å². The van der Waals surface area contributed by atoms with Crippen molar-refractivity contribution in [2.24, 2.45) is 5.73 Å². The van der Waals surface area contributed by atoms with Crippen LogP contribution >= 0.6 is 0 Å². The van der Waals surface area contributed by atoms with Gasteiger partial charge in [0.2, 0.25) is 12.2 Å². The van der Waals surface area contributed by atoms with Gasteiger partial charge in [-0.3, -0.25) is 5.10 Å². The largest absolute Gasteiger partial charge is 0.494 e. The van der Waals surface area contributed by atoms with Crippen LogP contribution in [0.3, 0.4) is 0 Å². The van der Waals surface area contributed by atoms with Crippen molar-refractivity contribution in [2.45, 2.75) is 70.2 Å². The molecule has 33 heavy (non-hydrogen) atoms. The standard InChI is InChI=1S/C23H35N3O7/c1-12(2)18-16(10-14-5-6-15(9-13(14)3)31-8-4-7-24)22(26-25-18)33-23-21(30)20(29)19(28)17(11-27)32-23/h5-6,9,12,17,19-21,23,27-30H,4,7-8,10-11,24H2,1-3H3,(H,25,26)/t17-,19-,20+,21-,23?/m1/s1. The van der Waals surface area contributed by atoms with Crippen molar-refractivity contribution in [1.82, 2.24) is 10.2 Å². The van der Waals surface area contributed by atoms with Crippen molar-refractivity contribution in [1.29, 1.82) is 0 Å². The van der Waals surface area contributed by atoms with Crippen molar-refractivity contribution in [2.75, 3.05) is 19.8 Å². The fourth-order valence-electron chi connectivity index (χ4n) is 3.80. The molecule has 2 heterocycles. The first-order valence-electron chi connectivity index (χ1n) is 11.2. The number of aromatic nitrogens is 2. The summed E-state index contributed by atoms with van der Waals surface area (Å²) in [6, 6.07) is 5.87. The summed E-state index contributed by atoms with van der Waals surface area (Å²) in [4.78, 5) is 0. The Hall–Kier alpha value is -2.21. The number of nitrogens with one attached hydrogen (secondary N) is 1. The first-order chi connectivity index (χ1) is 15.8. The molecule has 1 aromatic heterocycles. The maximum atomic E-state index is 10.3. The molecule has 10 nitrogen and oxygen atoms in total. The van der Waals surface area contributed by atoms with E-state index in [0.29, 0.717) is 19.6 Å². The number of ether oxygens (including phenoxy) is 3. The number of hydrogen-bond donors (Lipinski definition) is 6. The number of hydrogen-bond acceptors (Lipinski definition) is 9. The van der Waals surface area contributed by atoms with Crippen LogP contribution < -0.4 is 15.2 Å². The molecule has 7 N–H and O–H groups in total. The molecule has 184 valence electrons. The van der Waals surface area contributed by atoms with Crippen LogP contribution in [0.2, 0.25) is 0 Å². The SMILES string of the molecule is Cc1cc(OCCCN)ccc1Cc1c(OC2O[C@H](CO)[C@@H](O)[C@H](O)[C@H]2O)n[nH]c1C(C)C. The minimum atomic E-state index is -1.53. The lowest BCUT2D eigenvalue weighted by Gasteiger charge is -2.39. The van der Waals surface area contributed by atoms with Crippen LogP contribution in [0, 0.1) is 6.92 Å². The summed E-state index contributed by atoms with van der Waals surface area (Å²) in [6.45, 7) is 6.65.